The van der Waals surface area contributed by atoms with E-state index < -0.39 is 5.91 Å². The molecule has 0 radical (unpaired) electrons. The molecule has 9 nitrogen and oxygen atoms in total. The second-order valence-electron chi connectivity index (χ2n) is 6.96. The standard InChI is InChI=1S/C22H25N3O6/c1-12(2)14-8-7-13(3)16(11-14)31-17-10-9-15(30-17)19(26)23-18-20(27-4)24-22(29-6)25-21(18)28-5/h7-12H,1-6H3,(H,23,26). The van der Waals surface area contributed by atoms with Gasteiger partial charge in [0.05, 0.1) is 21.3 Å². The first-order chi connectivity index (χ1) is 14.9. The SMILES string of the molecule is COc1nc(OC)c(NC(=O)c2ccc(Oc3cc(C(C)C)ccc3C)o2)c(OC)n1. The van der Waals surface area contributed by atoms with E-state index in [2.05, 4.69) is 35.2 Å². The average molecular weight is 427 g/mol. The third-order valence-electron chi connectivity index (χ3n) is 4.52. The predicted octanol–water partition coefficient (Wildman–Crippen LogP) is 4.57. The predicted molar refractivity (Wildman–Crippen MR) is 114 cm³/mol. The summed E-state index contributed by atoms with van der Waals surface area (Å²) in [5.74, 6) is 0.874. The lowest BCUT2D eigenvalue weighted by molar-refractivity contribution is 0.0990. The molecule has 0 spiro atoms. The smallest absolute Gasteiger partial charge is 0.322 e. The maximum atomic E-state index is 12.7. The summed E-state index contributed by atoms with van der Waals surface area (Å²) < 4.78 is 26.9. The third-order valence-corrected chi connectivity index (χ3v) is 4.52. The van der Waals surface area contributed by atoms with E-state index in [9.17, 15) is 4.79 Å². The van der Waals surface area contributed by atoms with Crippen molar-refractivity contribution in [3.05, 3.63) is 47.2 Å². The molecule has 164 valence electrons. The van der Waals surface area contributed by atoms with Crippen LogP contribution in [0.25, 0.3) is 0 Å². The number of methoxy groups -OCH3 is 3. The third kappa shape index (κ3) is 4.88. The van der Waals surface area contributed by atoms with Gasteiger partial charge in [-0.2, -0.15) is 9.97 Å². The van der Waals surface area contributed by atoms with E-state index in [0.29, 0.717) is 11.7 Å². The van der Waals surface area contributed by atoms with E-state index in [1.165, 1.54) is 27.4 Å². The van der Waals surface area contributed by atoms with Crippen molar-refractivity contribution in [3.8, 4) is 29.5 Å². The van der Waals surface area contributed by atoms with E-state index in [4.69, 9.17) is 23.4 Å². The minimum absolute atomic E-state index is 0.0348. The molecule has 0 bridgehead atoms. The molecule has 0 aliphatic rings. The fraction of sp³-hybridized carbons (Fsp3) is 0.318. The van der Waals surface area contributed by atoms with Crippen molar-refractivity contribution in [2.45, 2.75) is 26.7 Å². The van der Waals surface area contributed by atoms with Crippen molar-refractivity contribution in [1.29, 1.82) is 0 Å². The summed E-state index contributed by atoms with van der Waals surface area (Å²) >= 11 is 0. The number of hydrogen-bond donors (Lipinski definition) is 1. The van der Waals surface area contributed by atoms with Gasteiger partial charge in [-0.15, -0.1) is 0 Å². The highest BCUT2D eigenvalue weighted by Crippen LogP contribution is 2.34. The van der Waals surface area contributed by atoms with Crippen molar-refractivity contribution >= 4 is 11.6 Å². The minimum atomic E-state index is -0.548. The van der Waals surface area contributed by atoms with Gasteiger partial charge in [-0.1, -0.05) is 26.0 Å². The quantitative estimate of drug-likeness (QED) is 0.557. The van der Waals surface area contributed by atoms with E-state index in [1.54, 1.807) is 6.07 Å². The highest BCUT2D eigenvalue weighted by atomic mass is 16.6. The molecule has 2 heterocycles. The zero-order chi connectivity index (χ0) is 22.5. The number of nitrogens with one attached hydrogen (secondary N) is 1. The molecule has 1 aromatic carbocycles. The summed E-state index contributed by atoms with van der Waals surface area (Å²) in [6.07, 6.45) is 0. The first-order valence-corrected chi connectivity index (χ1v) is 9.59. The van der Waals surface area contributed by atoms with Crippen molar-refractivity contribution in [3.63, 3.8) is 0 Å². The number of rotatable bonds is 8. The molecule has 1 N–H and O–H groups in total. The lowest BCUT2D eigenvalue weighted by atomic mass is 10.0. The molecule has 2 aromatic heterocycles. The Hall–Kier alpha value is -3.75. The summed E-state index contributed by atoms with van der Waals surface area (Å²) in [7, 11) is 4.22. The zero-order valence-corrected chi connectivity index (χ0v) is 18.3. The van der Waals surface area contributed by atoms with E-state index in [-0.39, 0.29) is 35.2 Å². The normalized spacial score (nSPS) is 10.7. The van der Waals surface area contributed by atoms with E-state index in [0.717, 1.165) is 11.1 Å². The number of ether oxygens (including phenoxy) is 4. The monoisotopic (exact) mass is 427 g/mol. The summed E-state index contributed by atoms with van der Waals surface area (Å²) in [4.78, 5) is 20.8. The lowest BCUT2D eigenvalue weighted by Crippen LogP contribution is -2.14. The molecule has 31 heavy (non-hydrogen) atoms. The number of carbonyl (C=O) groups excluding carboxylic acids is 1. The number of nitrogens with zero attached hydrogens (tertiary/aromatic N) is 2. The molecule has 1 amide bonds. The molecule has 0 saturated heterocycles. The molecular weight excluding hydrogens is 402 g/mol. The Kier molecular flexibility index (Phi) is 6.64. The zero-order valence-electron chi connectivity index (χ0n) is 18.3. The Morgan fingerprint density at radius 1 is 1.00 bits per heavy atom. The Balaban J connectivity index is 1.81. The number of aromatic nitrogens is 2. The van der Waals surface area contributed by atoms with Crippen molar-refractivity contribution in [2.75, 3.05) is 26.6 Å². The molecule has 0 fully saturated rings. The first kappa shape index (κ1) is 21.9. The maximum Gasteiger partial charge on any atom is 0.322 e. The van der Waals surface area contributed by atoms with Gasteiger partial charge < -0.3 is 28.7 Å². The van der Waals surface area contributed by atoms with Crippen LogP contribution in [-0.4, -0.2) is 37.2 Å². The highest BCUT2D eigenvalue weighted by molar-refractivity contribution is 6.03. The van der Waals surface area contributed by atoms with Gasteiger partial charge in [0.1, 0.15) is 5.75 Å². The summed E-state index contributed by atoms with van der Waals surface area (Å²) in [5.41, 5.74) is 2.25. The second-order valence-corrected chi connectivity index (χ2v) is 6.96. The number of furan rings is 1. The van der Waals surface area contributed by atoms with Crippen molar-refractivity contribution in [2.24, 2.45) is 0 Å². The van der Waals surface area contributed by atoms with Gasteiger partial charge in [0.25, 0.3) is 11.9 Å². The molecule has 0 aliphatic carbocycles. The van der Waals surface area contributed by atoms with E-state index in [1.807, 2.05) is 19.1 Å². The lowest BCUT2D eigenvalue weighted by Gasteiger charge is -2.13. The molecular formula is C22H25N3O6. The Labute approximate surface area is 180 Å². The van der Waals surface area contributed by atoms with Crippen LogP contribution in [0.4, 0.5) is 5.69 Å². The summed E-state index contributed by atoms with van der Waals surface area (Å²) in [5, 5.41) is 2.64. The van der Waals surface area contributed by atoms with Gasteiger partial charge in [-0.3, -0.25) is 4.79 Å². The van der Waals surface area contributed by atoms with Crippen LogP contribution in [0.3, 0.4) is 0 Å². The number of benzene rings is 1. The Morgan fingerprint density at radius 2 is 1.68 bits per heavy atom. The summed E-state index contributed by atoms with van der Waals surface area (Å²) in [6.45, 7) is 6.16. The molecule has 0 saturated carbocycles. The molecule has 0 aliphatic heterocycles. The van der Waals surface area contributed by atoms with Gasteiger partial charge in [-0.05, 0) is 36.1 Å². The van der Waals surface area contributed by atoms with Gasteiger partial charge in [0, 0.05) is 6.07 Å². The fourth-order valence-electron chi connectivity index (χ4n) is 2.76. The number of amides is 1. The van der Waals surface area contributed by atoms with Crippen molar-refractivity contribution < 1.29 is 28.2 Å². The molecule has 3 rings (SSSR count). The first-order valence-electron chi connectivity index (χ1n) is 9.59. The molecule has 9 heteroatoms. The van der Waals surface area contributed by atoms with E-state index >= 15 is 0 Å². The number of aryl methyl sites for hydroxylation is 1. The number of anilines is 1. The number of carbonyl (C=O) groups is 1. The highest BCUT2D eigenvalue weighted by Gasteiger charge is 2.22. The van der Waals surface area contributed by atoms with Gasteiger partial charge >= 0.3 is 6.01 Å². The van der Waals surface area contributed by atoms with Crippen LogP contribution in [-0.2, 0) is 0 Å². The second kappa shape index (κ2) is 9.38. The molecule has 0 atom stereocenters. The number of hydrogen-bond acceptors (Lipinski definition) is 8. The van der Waals surface area contributed by atoms with Crippen LogP contribution in [0.2, 0.25) is 0 Å². The van der Waals surface area contributed by atoms with Crippen LogP contribution in [0, 0.1) is 6.92 Å². The van der Waals surface area contributed by atoms with Gasteiger partial charge in [0.2, 0.25) is 11.8 Å². The largest absolute Gasteiger partial charge is 0.479 e. The minimum Gasteiger partial charge on any atom is -0.479 e. The van der Waals surface area contributed by atoms with Gasteiger partial charge in [-0.25, -0.2) is 0 Å². The molecule has 3 aromatic rings. The molecule has 0 unspecified atom stereocenters. The topological polar surface area (TPSA) is 105 Å². The van der Waals surface area contributed by atoms with Gasteiger partial charge in [0.15, 0.2) is 11.4 Å². The van der Waals surface area contributed by atoms with Crippen molar-refractivity contribution in [1.82, 2.24) is 9.97 Å². The Bertz CT molecular complexity index is 1050. The van der Waals surface area contributed by atoms with Crippen LogP contribution < -0.4 is 24.3 Å². The average Bonchev–Trinajstić information content (AvgIpc) is 3.23. The van der Waals surface area contributed by atoms with Crippen LogP contribution >= 0.6 is 0 Å². The Morgan fingerprint density at radius 3 is 2.26 bits per heavy atom. The van der Waals surface area contributed by atoms with Crippen LogP contribution in [0.15, 0.2) is 34.7 Å². The fourth-order valence-corrected chi connectivity index (χ4v) is 2.76. The van der Waals surface area contributed by atoms with Crippen LogP contribution in [0.1, 0.15) is 41.4 Å². The maximum absolute atomic E-state index is 12.7. The summed E-state index contributed by atoms with van der Waals surface area (Å²) in [6, 6.07) is 9.14. The van der Waals surface area contributed by atoms with Crippen LogP contribution in [0.5, 0.6) is 29.5 Å².